The van der Waals surface area contributed by atoms with Gasteiger partial charge in [0.05, 0.1) is 29.5 Å². The average Bonchev–Trinajstić information content (AvgIpc) is 3.00. The lowest BCUT2D eigenvalue weighted by Crippen LogP contribution is -2.43. The highest BCUT2D eigenvalue weighted by molar-refractivity contribution is 6.23. The molecule has 0 aliphatic carbocycles. The number of carbonyl (C=O) groups excluding carboxylic acids is 2. The van der Waals surface area contributed by atoms with Gasteiger partial charge in [0.25, 0.3) is 11.8 Å². The van der Waals surface area contributed by atoms with E-state index in [4.69, 9.17) is 4.74 Å². The Balaban J connectivity index is 1.40. The minimum Gasteiger partial charge on any atom is -0.379 e. The second-order valence-electron chi connectivity index (χ2n) is 7.88. The van der Waals surface area contributed by atoms with Gasteiger partial charge < -0.3 is 15.0 Å². The third kappa shape index (κ3) is 4.01. The van der Waals surface area contributed by atoms with E-state index in [-0.39, 0.29) is 17.9 Å². The topological polar surface area (TPSA) is 70.7 Å². The van der Waals surface area contributed by atoms with Crippen molar-refractivity contribution in [2.24, 2.45) is 5.92 Å². The first-order valence-electron chi connectivity index (χ1n) is 10.3. The van der Waals surface area contributed by atoms with E-state index in [0.717, 1.165) is 57.1 Å². The summed E-state index contributed by atoms with van der Waals surface area (Å²) in [6.45, 7) is 4.65. The van der Waals surface area contributed by atoms with Gasteiger partial charge in [-0.15, -0.1) is 0 Å². The molecule has 0 bridgehead atoms. The van der Waals surface area contributed by atoms with E-state index in [1.54, 1.807) is 6.07 Å². The molecule has 2 fully saturated rings. The summed E-state index contributed by atoms with van der Waals surface area (Å²) < 4.78 is 6.07. The molecule has 2 amide bonds. The van der Waals surface area contributed by atoms with Gasteiger partial charge in [-0.3, -0.25) is 14.9 Å². The summed E-state index contributed by atoms with van der Waals surface area (Å²) in [5.74, 6) is 0.214. The van der Waals surface area contributed by atoms with Crippen LogP contribution in [-0.4, -0.2) is 50.7 Å². The monoisotopic (exact) mass is 371 g/mol. The van der Waals surface area contributed by atoms with Gasteiger partial charge in [0, 0.05) is 13.2 Å². The van der Waals surface area contributed by atoms with Gasteiger partial charge in [0.15, 0.2) is 0 Å². The number of fused-ring (bicyclic) bond motifs is 1. The number of piperidine rings is 2. The van der Waals surface area contributed by atoms with Crippen LogP contribution in [0.15, 0.2) is 18.2 Å². The molecule has 0 spiro atoms. The van der Waals surface area contributed by atoms with Crippen LogP contribution in [0, 0.1) is 5.92 Å². The van der Waals surface area contributed by atoms with Crippen LogP contribution in [0.25, 0.3) is 0 Å². The Hall–Kier alpha value is -1.92. The van der Waals surface area contributed by atoms with Gasteiger partial charge >= 0.3 is 0 Å². The van der Waals surface area contributed by atoms with E-state index in [9.17, 15) is 9.59 Å². The smallest absolute Gasteiger partial charge is 0.261 e. The highest BCUT2D eigenvalue weighted by Gasteiger charge is 2.33. The summed E-state index contributed by atoms with van der Waals surface area (Å²) in [7, 11) is 0. The quantitative estimate of drug-likeness (QED) is 0.593. The lowest BCUT2D eigenvalue weighted by atomic mass is 9.95. The first-order valence-corrected chi connectivity index (χ1v) is 10.3. The minimum atomic E-state index is -0.288. The lowest BCUT2D eigenvalue weighted by Gasteiger charge is -2.38. The standard InChI is InChI=1S/C21H29N3O3/c25-20-17-5-3-6-18(19(17)21(26)23-20)24-12-2-1-4-16(24)14-27-13-9-15-7-10-22-11-8-15/h3,5-6,15-16,22H,1-2,4,7-14H2,(H,23,25,26). The lowest BCUT2D eigenvalue weighted by molar-refractivity contribution is 0.0878. The van der Waals surface area contributed by atoms with Crippen LogP contribution < -0.4 is 15.5 Å². The molecule has 2 saturated heterocycles. The van der Waals surface area contributed by atoms with Gasteiger partial charge in [-0.2, -0.15) is 0 Å². The zero-order chi connectivity index (χ0) is 18.6. The molecule has 3 aliphatic heterocycles. The van der Waals surface area contributed by atoms with Crippen molar-refractivity contribution in [3.63, 3.8) is 0 Å². The Labute approximate surface area is 160 Å². The summed E-state index contributed by atoms with van der Waals surface area (Å²) in [6.07, 6.45) is 6.97. The van der Waals surface area contributed by atoms with Crippen LogP contribution in [0.3, 0.4) is 0 Å². The number of carbonyl (C=O) groups is 2. The SMILES string of the molecule is O=C1NC(=O)c2c1cccc2N1CCCCC1COCCC1CCNCC1. The predicted molar refractivity (Wildman–Crippen MR) is 104 cm³/mol. The molecule has 1 aromatic rings. The number of nitrogens with zero attached hydrogens (tertiary/aromatic N) is 1. The van der Waals surface area contributed by atoms with Gasteiger partial charge in [0.1, 0.15) is 0 Å². The van der Waals surface area contributed by atoms with E-state index in [1.165, 1.54) is 19.3 Å². The molecule has 1 unspecified atom stereocenters. The van der Waals surface area contributed by atoms with E-state index in [2.05, 4.69) is 15.5 Å². The molecule has 27 heavy (non-hydrogen) atoms. The molecule has 3 aliphatic rings. The van der Waals surface area contributed by atoms with Crippen LogP contribution in [0.2, 0.25) is 0 Å². The number of benzene rings is 1. The molecule has 1 aromatic carbocycles. The first-order chi connectivity index (χ1) is 13.2. The molecule has 0 aromatic heterocycles. The number of hydrogen-bond acceptors (Lipinski definition) is 5. The molecule has 6 nitrogen and oxygen atoms in total. The van der Waals surface area contributed by atoms with Crippen LogP contribution >= 0.6 is 0 Å². The predicted octanol–water partition coefficient (Wildman–Crippen LogP) is 2.34. The molecule has 0 saturated carbocycles. The van der Waals surface area contributed by atoms with Crippen molar-refractivity contribution in [1.29, 1.82) is 0 Å². The fraction of sp³-hybridized carbons (Fsp3) is 0.619. The average molecular weight is 371 g/mol. The Morgan fingerprint density at radius 1 is 1.07 bits per heavy atom. The van der Waals surface area contributed by atoms with Crippen molar-refractivity contribution in [2.45, 2.75) is 44.6 Å². The maximum Gasteiger partial charge on any atom is 0.261 e. The van der Waals surface area contributed by atoms with Crippen molar-refractivity contribution >= 4 is 17.5 Å². The van der Waals surface area contributed by atoms with Gasteiger partial charge in [-0.25, -0.2) is 0 Å². The van der Waals surface area contributed by atoms with Crippen LogP contribution in [0.1, 0.15) is 59.2 Å². The maximum atomic E-state index is 12.3. The molecule has 6 heteroatoms. The van der Waals surface area contributed by atoms with Crippen molar-refractivity contribution in [2.75, 3.05) is 37.7 Å². The highest BCUT2D eigenvalue weighted by atomic mass is 16.5. The van der Waals surface area contributed by atoms with Crippen molar-refractivity contribution in [1.82, 2.24) is 10.6 Å². The Bertz CT molecular complexity index is 700. The summed E-state index contributed by atoms with van der Waals surface area (Å²) in [5.41, 5.74) is 1.90. The second kappa shape index (κ2) is 8.40. The molecule has 1 atom stereocenters. The number of imide groups is 1. The van der Waals surface area contributed by atoms with E-state index < -0.39 is 0 Å². The van der Waals surface area contributed by atoms with E-state index >= 15 is 0 Å². The number of hydrogen-bond donors (Lipinski definition) is 2. The molecule has 146 valence electrons. The normalized spacial score (nSPS) is 23.4. The molecule has 4 rings (SSSR count). The first kappa shape index (κ1) is 18.4. The maximum absolute atomic E-state index is 12.3. The van der Waals surface area contributed by atoms with Crippen molar-refractivity contribution in [3.05, 3.63) is 29.3 Å². The largest absolute Gasteiger partial charge is 0.379 e. The number of rotatable bonds is 6. The van der Waals surface area contributed by atoms with Crippen LogP contribution in [0.5, 0.6) is 0 Å². The molecule has 2 N–H and O–H groups in total. The summed E-state index contributed by atoms with van der Waals surface area (Å²) in [5, 5.41) is 5.83. The van der Waals surface area contributed by atoms with E-state index in [1.807, 2.05) is 12.1 Å². The van der Waals surface area contributed by atoms with Gasteiger partial charge in [0.2, 0.25) is 0 Å². The number of anilines is 1. The Morgan fingerprint density at radius 2 is 1.93 bits per heavy atom. The van der Waals surface area contributed by atoms with Crippen molar-refractivity contribution in [3.8, 4) is 0 Å². The second-order valence-corrected chi connectivity index (χ2v) is 7.88. The van der Waals surface area contributed by atoms with Gasteiger partial charge in [-0.05, 0) is 69.7 Å². The third-order valence-electron chi connectivity index (χ3n) is 6.12. The summed E-state index contributed by atoms with van der Waals surface area (Å²) >= 11 is 0. The molecule has 0 radical (unpaired) electrons. The Morgan fingerprint density at radius 3 is 2.78 bits per heavy atom. The third-order valence-corrected chi connectivity index (χ3v) is 6.12. The zero-order valence-electron chi connectivity index (χ0n) is 15.8. The molecular formula is C21H29N3O3. The van der Waals surface area contributed by atoms with Gasteiger partial charge in [-0.1, -0.05) is 6.07 Å². The molecular weight excluding hydrogens is 342 g/mol. The Kier molecular flexibility index (Phi) is 5.74. The zero-order valence-corrected chi connectivity index (χ0v) is 15.8. The fourth-order valence-electron chi connectivity index (χ4n) is 4.57. The van der Waals surface area contributed by atoms with Crippen LogP contribution in [0.4, 0.5) is 5.69 Å². The number of nitrogens with one attached hydrogen (secondary N) is 2. The van der Waals surface area contributed by atoms with E-state index in [0.29, 0.717) is 17.7 Å². The minimum absolute atomic E-state index is 0.266. The number of amides is 2. The summed E-state index contributed by atoms with van der Waals surface area (Å²) in [4.78, 5) is 26.5. The van der Waals surface area contributed by atoms with Crippen LogP contribution in [-0.2, 0) is 4.74 Å². The van der Waals surface area contributed by atoms with Crippen molar-refractivity contribution < 1.29 is 14.3 Å². The highest BCUT2D eigenvalue weighted by Crippen LogP contribution is 2.32. The summed E-state index contributed by atoms with van der Waals surface area (Å²) in [6, 6.07) is 5.83. The fourth-order valence-corrected chi connectivity index (χ4v) is 4.57. The molecule has 3 heterocycles. The number of ether oxygens (including phenoxy) is 1.